The van der Waals surface area contributed by atoms with Crippen LogP contribution in [-0.4, -0.2) is 49.3 Å². The van der Waals surface area contributed by atoms with E-state index < -0.39 is 0 Å². The molecule has 1 aliphatic carbocycles. The maximum absolute atomic E-state index is 6.02. The molecule has 0 amide bonds. The number of benzene rings is 2. The van der Waals surface area contributed by atoms with Crippen molar-refractivity contribution < 1.29 is 4.74 Å². The Kier molecular flexibility index (Phi) is 7.14. The molecule has 1 saturated carbocycles. The van der Waals surface area contributed by atoms with Crippen molar-refractivity contribution in [1.29, 1.82) is 0 Å². The van der Waals surface area contributed by atoms with Crippen molar-refractivity contribution in [2.75, 3.05) is 30.8 Å². The lowest BCUT2D eigenvalue weighted by Gasteiger charge is -2.34. The quantitative estimate of drug-likeness (QED) is 0.238. The van der Waals surface area contributed by atoms with Gasteiger partial charge in [-0.1, -0.05) is 53.9 Å². The predicted octanol–water partition coefficient (Wildman–Crippen LogP) is 6.26. The van der Waals surface area contributed by atoms with Gasteiger partial charge in [0.05, 0.1) is 18.5 Å². The zero-order valence-electron chi connectivity index (χ0n) is 21.4. The molecule has 1 unspecified atom stereocenters. The second-order valence-corrected chi connectivity index (χ2v) is 11.3. The molecule has 4 aromatic rings. The summed E-state index contributed by atoms with van der Waals surface area (Å²) >= 11 is 8.02. The second-order valence-electron chi connectivity index (χ2n) is 9.50. The molecular formula is C28H30ClN7OS. The van der Waals surface area contributed by atoms with Gasteiger partial charge < -0.3 is 19.9 Å². The summed E-state index contributed by atoms with van der Waals surface area (Å²) in [5.74, 6) is 2.29. The van der Waals surface area contributed by atoms with Crippen molar-refractivity contribution >= 4 is 41.0 Å². The van der Waals surface area contributed by atoms with Gasteiger partial charge in [-0.15, -0.1) is 0 Å². The Morgan fingerprint density at radius 2 is 1.97 bits per heavy atom. The molecule has 2 aromatic carbocycles. The molecule has 0 saturated heterocycles. The number of aromatic nitrogens is 4. The number of anilines is 3. The minimum Gasteiger partial charge on any atom is -0.494 e. The monoisotopic (exact) mass is 547 g/mol. The summed E-state index contributed by atoms with van der Waals surface area (Å²) in [5.41, 5.74) is 5.20. The largest absolute Gasteiger partial charge is 0.494 e. The van der Waals surface area contributed by atoms with Gasteiger partial charge >= 0.3 is 0 Å². The van der Waals surface area contributed by atoms with Crippen LogP contribution in [-0.2, 0) is 6.54 Å². The molecule has 10 heteroatoms. The van der Waals surface area contributed by atoms with Crippen LogP contribution in [0.2, 0.25) is 5.15 Å². The number of nitrogens with zero attached hydrogens (tertiary/aromatic N) is 5. The number of methoxy groups -OCH3 is 1. The van der Waals surface area contributed by atoms with Gasteiger partial charge in [0.25, 0.3) is 0 Å². The number of hydrogen-bond acceptors (Lipinski definition) is 8. The average molecular weight is 548 g/mol. The first-order valence-corrected chi connectivity index (χ1v) is 14.1. The van der Waals surface area contributed by atoms with Crippen molar-refractivity contribution in [2.24, 2.45) is 0 Å². The number of hydrogen-bond donors (Lipinski definition) is 2. The van der Waals surface area contributed by atoms with Crippen LogP contribution in [0.3, 0.4) is 0 Å². The van der Waals surface area contributed by atoms with Crippen molar-refractivity contribution in [1.82, 2.24) is 23.8 Å². The van der Waals surface area contributed by atoms with Crippen molar-refractivity contribution in [2.45, 2.75) is 37.5 Å². The fraction of sp³-hybridized carbons (Fsp3) is 0.321. The van der Waals surface area contributed by atoms with Gasteiger partial charge in [0.15, 0.2) is 0 Å². The van der Waals surface area contributed by atoms with Crippen molar-refractivity contribution in [3.05, 3.63) is 83.0 Å². The molecule has 1 aliphatic heterocycles. The van der Waals surface area contributed by atoms with Gasteiger partial charge in [0, 0.05) is 54.3 Å². The lowest BCUT2D eigenvalue weighted by molar-refractivity contribution is 0.409. The van der Waals surface area contributed by atoms with Gasteiger partial charge in [-0.25, -0.2) is 14.3 Å². The number of ether oxygens (including phenoxy) is 1. The van der Waals surface area contributed by atoms with Crippen LogP contribution in [0, 0.1) is 0 Å². The van der Waals surface area contributed by atoms with Crippen LogP contribution in [0.5, 0.6) is 5.75 Å². The van der Waals surface area contributed by atoms with Crippen LogP contribution in [0.25, 0.3) is 5.69 Å². The standard InChI is InChI=1S/C28H30ClN7OS/c1-3-30-27-22-15-36(38-20-10-11-20)14-21(18-7-5-4-6-8-18)26(22)33-28(34-27)32-19-9-12-23(24(13-19)37-2)35-16-25(29)31-17-35/h4-9,12-13,16-17,20-21H,3,10-11,14-15H2,1-2H3,(H2,30,32,33,34). The lowest BCUT2D eigenvalue weighted by atomic mass is 9.89. The normalized spacial score (nSPS) is 17.2. The highest BCUT2D eigenvalue weighted by Crippen LogP contribution is 2.43. The van der Waals surface area contributed by atoms with Crippen LogP contribution in [0.4, 0.5) is 17.5 Å². The Hall–Kier alpha value is -3.27. The van der Waals surface area contributed by atoms with E-state index in [-0.39, 0.29) is 5.92 Å². The Morgan fingerprint density at radius 3 is 2.68 bits per heavy atom. The molecule has 38 heavy (non-hydrogen) atoms. The molecule has 0 spiro atoms. The van der Waals surface area contributed by atoms with Gasteiger partial charge in [0.1, 0.15) is 23.0 Å². The zero-order valence-corrected chi connectivity index (χ0v) is 23.0. The molecule has 2 aliphatic rings. The lowest BCUT2D eigenvalue weighted by Crippen LogP contribution is -2.32. The minimum absolute atomic E-state index is 0.162. The fourth-order valence-corrected chi connectivity index (χ4v) is 6.14. The minimum atomic E-state index is 0.162. The summed E-state index contributed by atoms with van der Waals surface area (Å²) in [7, 11) is 1.65. The van der Waals surface area contributed by atoms with Crippen molar-refractivity contribution in [3.8, 4) is 11.4 Å². The zero-order chi connectivity index (χ0) is 26.1. The smallest absolute Gasteiger partial charge is 0.229 e. The number of nitrogens with one attached hydrogen (secondary N) is 2. The summed E-state index contributed by atoms with van der Waals surface area (Å²) in [5, 5.41) is 8.10. The Bertz CT molecular complexity index is 1430. The summed E-state index contributed by atoms with van der Waals surface area (Å²) in [6.45, 7) is 4.64. The summed E-state index contributed by atoms with van der Waals surface area (Å²) < 4.78 is 10.0. The fourth-order valence-electron chi connectivity index (χ4n) is 4.79. The summed E-state index contributed by atoms with van der Waals surface area (Å²) in [6, 6.07) is 16.6. The Labute approximate surface area is 231 Å². The maximum Gasteiger partial charge on any atom is 0.229 e. The molecule has 2 aromatic heterocycles. The van der Waals surface area contributed by atoms with Gasteiger partial charge in [-0.2, -0.15) is 4.98 Å². The maximum atomic E-state index is 6.02. The third-order valence-corrected chi connectivity index (χ3v) is 8.26. The Morgan fingerprint density at radius 1 is 1.13 bits per heavy atom. The predicted molar refractivity (Wildman–Crippen MR) is 154 cm³/mol. The summed E-state index contributed by atoms with van der Waals surface area (Å²) in [4.78, 5) is 14.1. The molecule has 0 bridgehead atoms. The molecule has 6 rings (SSSR count). The molecule has 3 heterocycles. The third kappa shape index (κ3) is 5.32. The SMILES string of the molecule is CCNc1nc(Nc2ccc(-n3cnc(Cl)c3)c(OC)c2)nc2c1CN(SC1CC1)CC2c1ccccc1. The van der Waals surface area contributed by atoms with Gasteiger partial charge in [0.2, 0.25) is 5.95 Å². The van der Waals surface area contributed by atoms with E-state index in [0.717, 1.165) is 47.8 Å². The van der Waals surface area contributed by atoms with Gasteiger partial charge in [-0.3, -0.25) is 0 Å². The van der Waals surface area contributed by atoms with E-state index >= 15 is 0 Å². The van der Waals surface area contributed by atoms with E-state index in [0.29, 0.717) is 16.9 Å². The van der Waals surface area contributed by atoms with Crippen molar-refractivity contribution in [3.63, 3.8) is 0 Å². The van der Waals surface area contributed by atoms with E-state index in [1.807, 2.05) is 34.7 Å². The first-order valence-electron chi connectivity index (χ1n) is 12.9. The first kappa shape index (κ1) is 25.0. The van der Waals surface area contributed by atoms with E-state index in [2.05, 4.69) is 57.2 Å². The summed E-state index contributed by atoms with van der Waals surface area (Å²) in [6.07, 6.45) is 6.02. The highest BCUT2D eigenvalue weighted by Gasteiger charge is 2.34. The molecular weight excluding hydrogens is 518 g/mol. The first-order chi connectivity index (χ1) is 18.6. The van der Waals surface area contributed by atoms with E-state index in [4.69, 9.17) is 26.3 Å². The molecule has 1 fully saturated rings. The Balaban J connectivity index is 1.36. The molecule has 0 radical (unpaired) electrons. The number of halogens is 1. The molecule has 1 atom stereocenters. The highest BCUT2D eigenvalue weighted by atomic mass is 35.5. The number of imidazole rings is 1. The van der Waals surface area contributed by atoms with E-state index in [9.17, 15) is 0 Å². The highest BCUT2D eigenvalue weighted by molar-refractivity contribution is 7.97. The van der Waals surface area contributed by atoms with Gasteiger partial charge in [-0.05, 0) is 37.5 Å². The number of fused-ring (bicyclic) bond motifs is 1. The van der Waals surface area contributed by atoms with E-state index in [1.165, 1.54) is 24.0 Å². The van der Waals surface area contributed by atoms with Crippen LogP contribution in [0.15, 0.2) is 61.1 Å². The van der Waals surface area contributed by atoms with Crippen LogP contribution < -0.4 is 15.4 Å². The van der Waals surface area contributed by atoms with Crippen LogP contribution >= 0.6 is 23.5 Å². The van der Waals surface area contributed by atoms with Crippen LogP contribution in [0.1, 0.15) is 42.5 Å². The number of rotatable bonds is 9. The second kappa shape index (κ2) is 10.8. The average Bonchev–Trinajstić information content (AvgIpc) is 3.65. The molecule has 2 N–H and O–H groups in total. The topological polar surface area (TPSA) is 80.1 Å². The molecule has 8 nitrogen and oxygen atoms in total. The molecule has 196 valence electrons. The van der Waals surface area contributed by atoms with E-state index in [1.54, 1.807) is 19.6 Å². The third-order valence-electron chi connectivity index (χ3n) is 6.72.